The minimum atomic E-state index is 0.196. The van der Waals surface area contributed by atoms with Crippen LogP contribution in [0.15, 0.2) is 24.3 Å². The van der Waals surface area contributed by atoms with Crippen LogP contribution in [0.1, 0.15) is 56.7 Å². The Morgan fingerprint density at radius 3 is 2.85 bits per heavy atom. The minimum absolute atomic E-state index is 0.196. The van der Waals surface area contributed by atoms with E-state index in [2.05, 4.69) is 48.7 Å². The first-order chi connectivity index (χ1) is 9.56. The number of carbonyl (C=O) groups is 1. The second kappa shape index (κ2) is 5.21. The zero-order chi connectivity index (χ0) is 14.2. The number of amides is 1. The molecule has 1 aromatic rings. The smallest absolute Gasteiger partial charge is 0.220 e. The third-order valence-corrected chi connectivity index (χ3v) is 4.82. The van der Waals surface area contributed by atoms with E-state index in [1.807, 2.05) is 0 Å². The molecule has 1 fully saturated rings. The molecule has 2 N–H and O–H groups in total. The molecule has 2 atom stereocenters. The van der Waals surface area contributed by atoms with Gasteiger partial charge in [-0.3, -0.25) is 4.79 Å². The molecule has 1 amide bonds. The van der Waals surface area contributed by atoms with E-state index < -0.39 is 0 Å². The Hall–Kier alpha value is -1.35. The van der Waals surface area contributed by atoms with Crippen LogP contribution >= 0.6 is 0 Å². The molecule has 3 nitrogen and oxygen atoms in total. The first kappa shape index (κ1) is 13.6. The molecule has 0 saturated carbocycles. The molecular formula is C17H24N2O. The lowest BCUT2D eigenvalue weighted by molar-refractivity contribution is -0.119. The maximum Gasteiger partial charge on any atom is 0.220 e. The predicted molar refractivity (Wildman–Crippen MR) is 80.6 cm³/mol. The maximum atomic E-state index is 11.2. The van der Waals surface area contributed by atoms with Crippen LogP contribution in [0.25, 0.3) is 0 Å². The normalized spacial score (nSPS) is 28.0. The quantitative estimate of drug-likeness (QED) is 0.888. The van der Waals surface area contributed by atoms with Crippen molar-refractivity contribution in [2.24, 2.45) is 0 Å². The zero-order valence-corrected chi connectivity index (χ0v) is 12.4. The Kier molecular flexibility index (Phi) is 3.55. The molecule has 0 aromatic heterocycles. The van der Waals surface area contributed by atoms with E-state index in [1.165, 1.54) is 24.0 Å². The van der Waals surface area contributed by atoms with E-state index >= 15 is 0 Å². The third kappa shape index (κ3) is 2.59. The van der Waals surface area contributed by atoms with E-state index in [0.717, 1.165) is 13.0 Å². The number of nitrogens with one attached hydrogen (secondary N) is 2. The van der Waals surface area contributed by atoms with Gasteiger partial charge in [-0.15, -0.1) is 0 Å². The first-order valence-corrected chi connectivity index (χ1v) is 7.68. The van der Waals surface area contributed by atoms with Gasteiger partial charge in [0, 0.05) is 25.0 Å². The van der Waals surface area contributed by atoms with Gasteiger partial charge in [0.1, 0.15) is 0 Å². The largest absolute Gasteiger partial charge is 0.352 e. The molecule has 1 aromatic carbocycles. The number of benzene rings is 1. The Bertz CT molecular complexity index is 509. The summed E-state index contributed by atoms with van der Waals surface area (Å²) in [4.78, 5) is 11.2. The highest BCUT2D eigenvalue weighted by Crippen LogP contribution is 2.41. The van der Waals surface area contributed by atoms with E-state index in [0.29, 0.717) is 18.5 Å². The maximum absolute atomic E-state index is 11.2. The van der Waals surface area contributed by atoms with Gasteiger partial charge in [0.25, 0.3) is 0 Å². The van der Waals surface area contributed by atoms with Crippen molar-refractivity contribution >= 4 is 5.91 Å². The highest BCUT2D eigenvalue weighted by molar-refractivity contribution is 5.78. The van der Waals surface area contributed by atoms with E-state index in [-0.39, 0.29) is 11.3 Å². The van der Waals surface area contributed by atoms with Crippen molar-refractivity contribution in [2.75, 3.05) is 6.54 Å². The second-order valence-corrected chi connectivity index (χ2v) is 6.77. The van der Waals surface area contributed by atoms with Crippen LogP contribution in [0.4, 0.5) is 0 Å². The van der Waals surface area contributed by atoms with Crippen molar-refractivity contribution in [3.63, 3.8) is 0 Å². The molecule has 0 radical (unpaired) electrons. The van der Waals surface area contributed by atoms with Crippen LogP contribution < -0.4 is 10.6 Å². The lowest BCUT2D eigenvalue weighted by Gasteiger charge is -2.37. The molecule has 108 valence electrons. The fourth-order valence-corrected chi connectivity index (χ4v) is 3.54. The van der Waals surface area contributed by atoms with Gasteiger partial charge >= 0.3 is 0 Å². The lowest BCUT2D eigenvalue weighted by atomic mass is 9.71. The number of hydrogen-bond acceptors (Lipinski definition) is 2. The minimum Gasteiger partial charge on any atom is -0.352 e. The van der Waals surface area contributed by atoms with Gasteiger partial charge in [-0.2, -0.15) is 0 Å². The lowest BCUT2D eigenvalue weighted by Crippen LogP contribution is -2.39. The standard InChI is InChI=1S/C17H24N2O/c1-17(2)10-9-15(13-5-3-4-6-14(13)17)18-11-12-7-8-16(20)19-12/h3-6,12,15,18H,7-11H2,1-2H3,(H,19,20). The molecule has 0 bridgehead atoms. The van der Waals surface area contributed by atoms with Crippen LogP contribution in [0, 0.1) is 0 Å². The molecule has 3 heteroatoms. The van der Waals surface area contributed by atoms with Gasteiger partial charge in [0.15, 0.2) is 0 Å². The molecule has 0 spiro atoms. The molecule has 1 aliphatic carbocycles. The average molecular weight is 272 g/mol. The Morgan fingerprint density at radius 1 is 1.30 bits per heavy atom. The summed E-state index contributed by atoms with van der Waals surface area (Å²) in [5, 5.41) is 6.70. The molecule has 2 aliphatic rings. The summed E-state index contributed by atoms with van der Waals surface area (Å²) in [6, 6.07) is 9.52. The van der Waals surface area contributed by atoms with Crippen LogP contribution in [-0.2, 0) is 10.2 Å². The van der Waals surface area contributed by atoms with Crippen molar-refractivity contribution in [1.29, 1.82) is 0 Å². The molecule has 1 aliphatic heterocycles. The highest BCUT2D eigenvalue weighted by atomic mass is 16.1. The fourth-order valence-electron chi connectivity index (χ4n) is 3.54. The van der Waals surface area contributed by atoms with Crippen molar-refractivity contribution < 1.29 is 4.79 Å². The molecule has 1 saturated heterocycles. The third-order valence-electron chi connectivity index (χ3n) is 4.82. The molecule has 20 heavy (non-hydrogen) atoms. The summed E-state index contributed by atoms with van der Waals surface area (Å²) < 4.78 is 0. The second-order valence-electron chi connectivity index (χ2n) is 6.77. The monoisotopic (exact) mass is 272 g/mol. The fraction of sp³-hybridized carbons (Fsp3) is 0.588. The van der Waals surface area contributed by atoms with E-state index in [9.17, 15) is 4.79 Å². The van der Waals surface area contributed by atoms with Crippen LogP contribution in [0.5, 0.6) is 0 Å². The average Bonchev–Trinajstić information content (AvgIpc) is 2.84. The number of fused-ring (bicyclic) bond motifs is 1. The molecule has 2 unspecified atom stereocenters. The van der Waals surface area contributed by atoms with Crippen LogP contribution in [-0.4, -0.2) is 18.5 Å². The van der Waals surface area contributed by atoms with Gasteiger partial charge in [0.05, 0.1) is 0 Å². The highest BCUT2D eigenvalue weighted by Gasteiger charge is 2.32. The summed E-state index contributed by atoms with van der Waals surface area (Å²) >= 11 is 0. The van der Waals surface area contributed by atoms with Gasteiger partial charge in [-0.05, 0) is 35.8 Å². The number of hydrogen-bond donors (Lipinski definition) is 2. The van der Waals surface area contributed by atoms with Crippen molar-refractivity contribution in [3.05, 3.63) is 35.4 Å². The molecule has 3 rings (SSSR count). The summed E-state index contributed by atoms with van der Waals surface area (Å²) in [7, 11) is 0. The summed E-state index contributed by atoms with van der Waals surface area (Å²) in [5.41, 5.74) is 3.18. The van der Waals surface area contributed by atoms with Crippen molar-refractivity contribution in [2.45, 2.75) is 57.0 Å². The zero-order valence-electron chi connectivity index (χ0n) is 12.4. The van der Waals surface area contributed by atoms with Gasteiger partial charge in [-0.1, -0.05) is 38.1 Å². The van der Waals surface area contributed by atoms with E-state index in [1.54, 1.807) is 0 Å². The van der Waals surface area contributed by atoms with Crippen LogP contribution in [0.2, 0.25) is 0 Å². The Balaban J connectivity index is 1.70. The Morgan fingerprint density at radius 2 is 2.10 bits per heavy atom. The van der Waals surface area contributed by atoms with Gasteiger partial charge in [0.2, 0.25) is 5.91 Å². The first-order valence-electron chi connectivity index (χ1n) is 7.68. The van der Waals surface area contributed by atoms with E-state index in [4.69, 9.17) is 0 Å². The van der Waals surface area contributed by atoms with Gasteiger partial charge in [-0.25, -0.2) is 0 Å². The van der Waals surface area contributed by atoms with Crippen LogP contribution in [0.3, 0.4) is 0 Å². The Labute approximate surface area is 121 Å². The summed E-state index contributed by atoms with van der Waals surface area (Å²) in [6.07, 6.45) is 4.02. The summed E-state index contributed by atoms with van der Waals surface area (Å²) in [5.74, 6) is 0.196. The number of carbonyl (C=O) groups excluding carboxylic acids is 1. The van der Waals surface area contributed by atoms with Crippen molar-refractivity contribution in [1.82, 2.24) is 10.6 Å². The SMILES string of the molecule is CC1(C)CCC(NCC2CCC(=O)N2)c2ccccc21. The number of rotatable bonds is 3. The molecule has 1 heterocycles. The summed E-state index contributed by atoms with van der Waals surface area (Å²) in [6.45, 7) is 5.55. The van der Waals surface area contributed by atoms with Gasteiger partial charge < -0.3 is 10.6 Å². The van der Waals surface area contributed by atoms with Crippen molar-refractivity contribution in [3.8, 4) is 0 Å². The topological polar surface area (TPSA) is 41.1 Å². The molecular weight excluding hydrogens is 248 g/mol. The predicted octanol–water partition coefficient (Wildman–Crippen LogP) is 2.67.